The lowest BCUT2D eigenvalue weighted by Crippen LogP contribution is -2.36. The minimum atomic E-state index is -0.770. The van der Waals surface area contributed by atoms with Crippen LogP contribution < -0.4 is 10.1 Å². The molecule has 0 saturated carbocycles. The van der Waals surface area contributed by atoms with Gasteiger partial charge in [0, 0.05) is 0 Å². The van der Waals surface area contributed by atoms with Crippen molar-refractivity contribution >= 4 is 5.78 Å². The van der Waals surface area contributed by atoms with Gasteiger partial charge in [0.2, 0.25) is 0 Å². The number of ketones is 1. The summed E-state index contributed by atoms with van der Waals surface area (Å²) >= 11 is 0. The fourth-order valence-corrected chi connectivity index (χ4v) is 2.12. The number of Topliss-reactive ketones (excluding diaryl/α,β-unsaturated/α-hetero) is 1. The van der Waals surface area contributed by atoms with Crippen molar-refractivity contribution in [3.63, 3.8) is 0 Å². The molecule has 0 aromatic heterocycles. The van der Waals surface area contributed by atoms with E-state index in [2.05, 4.69) is 25.2 Å². The zero-order valence-electron chi connectivity index (χ0n) is 14.7. The van der Waals surface area contributed by atoms with E-state index < -0.39 is 5.60 Å². The molecule has 22 heavy (non-hydrogen) atoms. The second-order valence-corrected chi connectivity index (χ2v) is 6.85. The zero-order valence-corrected chi connectivity index (χ0v) is 14.7. The van der Waals surface area contributed by atoms with Crippen LogP contribution in [0, 0.1) is 5.92 Å². The standard InChI is InChI=1S/C19H31NO2/c1-15(2)8-7-12-20-13-11-17-9-6-10-18(14-17)22-19(4,5)16(3)21/h6,9-10,14-15,20H,7-8,11-13H2,1-5H3. The number of hydrogen-bond acceptors (Lipinski definition) is 3. The molecule has 0 atom stereocenters. The minimum Gasteiger partial charge on any atom is -0.480 e. The van der Waals surface area contributed by atoms with Gasteiger partial charge in [-0.25, -0.2) is 0 Å². The van der Waals surface area contributed by atoms with Gasteiger partial charge in [-0.05, 0) is 76.7 Å². The molecule has 0 spiro atoms. The molecule has 0 radical (unpaired) electrons. The fourth-order valence-electron chi connectivity index (χ4n) is 2.12. The Morgan fingerprint density at radius 1 is 1.27 bits per heavy atom. The monoisotopic (exact) mass is 305 g/mol. The molecule has 3 nitrogen and oxygen atoms in total. The van der Waals surface area contributed by atoms with Crippen LogP contribution in [0.25, 0.3) is 0 Å². The highest BCUT2D eigenvalue weighted by molar-refractivity contribution is 5.84. The average Bonchev–Trinajstić information content (AvgIpc) is 2.42. The Bertz CT molecular complexity index is 466. The van der Waals surface area contributed by atoms with E-state index in [0.29, 0.717) is 0 Å². The molecule has 1 aromatic carbocycles. The molecular formula is C19H31NO2. The average molecular weight is 305 g/mol. The quantitative estimate of drug-likeness (QED) is 0.664. The maximum Gasteiger partial charge on any atom is 0.172 e. The van der Waals surface area contributed by atoms with Crippen LogP contribution in [0.1, 0.15) is 53.0 Å². The van der Waals surface area contributed by atoms with Crippen LogP contribution in [0.15, 0.2) is 24.3 Å². The molecule has 0 aliphatic carbocycles. The first kappa shape index (κ1) is 18.7. The van der Waals surface area contributed by atoms with E-state index >= 15 is 0 Å². The van der Waals surface area contributed by atoms with Crippen molar-refractivity contribution in [3.8, 4) is 5.75 Å². The van der Waals surface area contributed by atoms with Crippen molar-refractivity contribution in [2.45, 2.75) is 59.5 Å². The summed E-state index contributed by atoms with van der Waals surface area (Å²) in [4.78, 5) is 11.5. The largest absolute Gasteiger partial charge is 0.480 e. The highest BCUT2D eigenvalue weighted by Gasteiger charge is 2.25. The Hall–Kier alpha value is -1.35. The molecule has 0 bridgehead atoms. The van der Waals surface area contributed by atoms with Crippen molar-refractivity contribution < 1.29 is 9.53 Å². The smallest absolute Gasteiger partial charge is 0.172 e. The lowest BCUT2D eigenvalue weighted by molar-refractivity contribution is -0.129. The normalized spacial score (nSPS) is 11.7. The van der Waals surface area contributed by atoms with E-state index in [0.717, 1.165) is 31.2 Å². The van der Waals surface area contributed by atoms with Crippen LogP contribution in [0.4, 0.5) is 0 Å². The van der Waals surface area contributed by atoms with Gasteiger partial charge < -0.3 is 10.1 Å². The molecule has 1 N–H and O–H groups in total. The highest BCUT2D eigenvalue weighted by atomic mass is 16.5. The SMILES string of the molecule is CC(=O)C(C)(C)Oc1cccc(CCNCCCC(C)C)c1. The Morgan fingerprint density at radius 3 is 2.64 bits per heavy atom. The first-order valence-electron chi connectivity index (χ1n) is 8.31. The minimum absolute atomic E-state index is 0.0322. The predicted molar refractivity (Wildman–Crippen MR) is 92.5 cm³/mol. The lowest BCUT2D eigenvalue weighted by Gasteiger charge is -2.23. The topological polar surface area (TPSA) is 38.3 Å². The Balaban J connectivity index is 2.40. The Labute approximate surface area is 135 Å². The number of nitrogens with one attached hydrogen (secondary N) is 1. The molecule has 0 fully saturated rings. The second kappa shape index (κ2) is 8.94. The fraction of sp³-hybridized carbons (Fsp3) is 0.632. The van der Waals surface area contributed by atoms with Crippen molar-refractivity contribution in [2.75, 3.05) is 13.1 Å². The summed E-state index contributed by atoms with van der Waals surface area (Å²) in [6, 6.07) is 8.02. The number of rotatable bonds is 10. The third kappa shape index (κ3) is 7.08. The third-order valence-corrected chi connectivity index (χ3v) is 3.84. The van der Waals surface area contributed by atoms with E-state index in [4.69, 9.17) is 4.74 Å². The van der Waals surface area contributed by atoms with Crippen LogP contribution >= 0.6 is 0 Å². The van der Waals surface area contributed by atoms with Gasteiger partial charge in [0.05, 0.1) is 0 Å². The highest BCUT2D eigenvalue weighted by Crippen LogP contribution is 2.20. The summed E-state index contributed by atoms with van der Waals surface area (Å²) in [5.74, 6) is 1.57. The van der Waals surface area contributed by atoms with Gasteiger partial charge in [0.1, 0.15) is 5.75 Å². The molecular weight excluding hydrogens is 274 g/mol. The van der Waals surface area contributed by atoms with Crippen molar-refractivity contribution in [1.29, 1.82) is 0 Å². The van der Waals surface area contributed by atoms with Gasteiger partial charge in [-0.3, -0.25) is 4.79 Å². The first-order chi connectivity index (χ1) is 10.3. The second-order valence-electron chi connectivity index (χ2n) is 6.85. The summed E-state index contributed by atoms with van der Waals surface area (Å²) in [7, 11) is 0. The number of hydrogen-bond donors (Lipinski definition) is 1. The summed E-state index contributed by atoms with van der Waals surface area (Å²) < 4.78 is 5.81. The molecule has 0 heterocycles. The zero-order chi connectivity index (χ0) is 16.6. The van der Waals surface area contributed by atoms with Gasteiger partial charge in [0.25, 0.3) is 0 Å². The van der Waals surface area contributed by atoms with Crippen molar-refractivity contribution in [1.82, 2.24) is 5.32 Å². The van der Waals surface area contributed by atoms with Crippen LogP contribution in [-0.2, 0) is 11.2 Å². The van der Waals surface area contributed by atoms with E-state index in [1.54, 1.807) is 20.8 Å². The van der Waals surface area contributed by atoms with E-state index in [1.165, 1.54) is 18.4 Å². The molecule has 0 aliphatic rings. The summed E-state index contributed by atoms with van der Waals surface area (Å²) in [6.45, 7) is 11.7. The number of carbonyl (C=O) groups is 1. The molecule has 3 heteroatoms. The van der Waals surface area contributed by atoms with Gasteiger partial charge in [-0.15, -0.1) is 0 Å². The molecule has 1 rings (SSSR count). The number of benzene rings is 1. The van der Waals surface area contributed by atoms with E-state index in [1.807, 2.05) is 18.2 Å². The van der Waals surface area contributed by atoms with Crippen LogP contribution in [-0.4, -0.2) is 24.5 Å². The van der Waals surface area contributed by atoms with Crippen molar-refractivity contribution in [2.24, 2.45) is 5.92 Å². The van der Waals surface area contributed by atoms with E-state index in [-0.39, 0.29) is 5.78 Å². The van der Waals surface area contributed by atoms with Crippen LogP contribution in [0.5, 0.6) is 5.75 Å². The van der Waals surface area contributed by atoms with Gasteiger partial charge >= 0.3 is 0 Å². The van der Waals surface area contributed by atoms with E-state index in [9.17, 15) is 4.79 Å². The molecule has 0 amide bonds. The van der Waals surface area contributed by atoms with Gasteiger partial charge in [0.15, 0.2) is 11.4 Å². The maximum absolute atomic E-state index is 11.5. The lowest BCUT2D eigenvalue weighted by atomic mass is 10.0. The summed E-state index contributed by atoms with van der Waals surface area (Å²) in [5, 5.41) is 3.48. The predicted octanol–water partition coefficient (Wildman–Crippen LogP) is 4.00. The molecule has 0 unspecified atom stereocenters. The van der Waals surface area contributed by atoms with Gasteiger partial charge in [-0.1, -0.05) is 26.0 Å². The molecule has 0 aliphatic heterocycles. The van der Waals surface area contributed by atoms with Crippen LogP contribution in [0.2, 0.25) is 0 Å². The summed E-state index contributed by atoms with van der Waals surface area (Å²) in [5.41, 5.74) is 0.460. The van der Waals surface area contributed by atoms with Gasteiger partial charge in [-0.2, -0.15) is 0 Å². The molecule has 0 saturated heterocycles. The third-order valence-electron chi connectivity index (χ3n) is 3.84. The number of ether oxygens (including phenoxy) is 1. The van der Waals surface area contributed by atoms with Crippen LogP contribution in [0.3, 0.4) is 0 Å². The Kier molecular flexibility index (Phi) is 7.60. The van der Waals surface area contributed by atoms with Crippen molar-refractivity contribution in [3.05, 3.63) is 29.8 Å². The summed E-state index contributed by atoms with van der Waals surface area (Å²) in [6.07, 6.45) is 3.48. The number of carbonyl (C=O) groups excluding carboxylic acids is 1. The first-order valence-corrected chi connectivity index (χ1v) is 8.31. The Morgan fingerprint density at radius 2 is 2.00 bits per heavy atom. The maximum atomic E-state index is 11.5. The molecule has 124 valence electrons. The molecule has 1 aromatic rings.